The molecule has 0 heterocycles. The summed E-state index contributed by atoms with van der Waals surface area (Å²) < 4.78 is -0.0226. The summed E-state index contributed by atoms with van der Waals surface area (Å²) in [6, 6.07) is 33.8. The van der Waals surface area contributed by atoms with E-state index in [1.165, 1.54) is 37.9 Å². The van der Waals surface area contributed by atoms with Crippen LogP contribution in [-0.2, 0) is 20.4 Å². The zero-order chi connectivity index (χ0) is 20.6. The molecule has 5 heteroatoms. The molecule has 0 nitrogen and oxygen atoms in total. The van der Waals surface area contributed by atoms with Crippen molar-refractivity contribution in [2.24, 2.45) is 0 Å². The molecule has 164 valence electrons. The third kappa shape index (κ3) is 4.13. The van der Waals surface area contributed by atoms with Crippen molar-refractivity contribution in [3.63, 3.8) is 0 Å². The van der Waals surface area contributed by atoms with Crippen LogP contribution in [0.3, 0.4) is 0 Å². The van der Waals surface area contributed by atoms with Gasteiger partial charge in [0.1, 0.15) is 0 Å². The average molecular weight is 534 g/mol. The molecule has 0 spiro atoms. The van der Waals surface area contributed by atoms with Gasteiger partial charge >= 0.3 is 188 Å². The first-order valence-electron chi connectivity index (χ1n) is 10.2. The first kappa shape index (κ1) is 29.0. The van der Waals surface area contributed by atoms with Crippen LogP contribution in [0.5, 0.6) is 0 Å². The zero-order valence-corrected chi connectivity index (χ0v) is 23.6. The van der Waals surface area contributed by atoms with Gasteiger partial charge in [0.15, 0.2) is 0 Å². The summed E-state index contributed by atoms with van der Waals surface area (Å²) in [7, 11) is -2.44. The van der Waals surface area contributed by atoms with Gasteiger partial charge in [-0.2, -0.15) is 0 Å². The first-order valence-corrected chi connectivity index (χ1v) is 13.0. The summed E-state index contributed by atoms with van der Waals surface area (Å²) in [4.78, 5) is 0. The molecule has 0 unspecified atom stereocenters. The Morgan fingerprint density at radius 1 is 0.500 bits per heavy atom. The number of benzene rings is 3. The molecule has 0 aromatic heterocycles. The summed E-state index contributed by atoms with van der Waals surface area (Å²) >= 11 is 2.51. The van der Waals surface area contributed by atoms with Gasteiger partial charge < -0.3 is 37.2 Å². The SMILES string of the molecule is CC1=C(C)[C]([Ti+3])([Si](c2ccccc2)(c2ccccc2)c2ccccc2)C(C)=C1C.[Cl-].[Cl-].[Cl-]. The van der Waals surface area contributed by atoms with Gasteiger partial charge in [0.25, 0.3) is 0 Å². The summed E-state index contributed by atoms with van der Waals surface area (Å²) in [5.41, 5.74) is 5.97. The predicted octanol–water partition coefficient (Wildman–Crippen LogP) is -3.90. The second-order valence-corrected chi connectivity index (χ2v) is 14.0. The maximum atomic E-state index is 2.51. The Morgan fingerprint density at radius 2 is 0.750 bits per heavy atom. The second kappa shape index (κ2) is 11.4. The minimum absolute atomic E-state index is 0. The molecule has 0 radical (unpaired) electrons. The largest absolute Gasteiger partial charge is 1.00 e. The van der Waals surface area contributed by atoms with Crippen molar-refractivity contribution in [1.82, 2.24) is 0 Å². The average Bonchev–Trinajstić information content (AvgIpc) is 2.93. The van der Waals surface area contributed by atoms with Gasteiger partial charge in [-0.3, -0.25) is 0 Å². The monoisotopic (exact) mass is 532 g/mol. The summed E-state index contributed by atoms with van der Waals surface area (Å²) in [6.45, 7) is 9.34. The van der Waals surface area contributed by atoms with E-state index in [-0.39, 0.29) is 40.6 Å². The van der Waals surface area contributed by atoms with Crippen molar-refractivity contribution in [2.45, 2.75) is 31.0 Å². The molecular formula is C27H27Cl3SiTi. The van der Waals surface area contributed by atoms with Crippen molar-refractivity contribution in [3.05, 3.63) is 113 Å². The maximum absolute atomic E-state index is 2.51. The molecule has 0 N–H and O–H groups in total. The maximum Gasteiger partial charge on any atom is -1.00 e. The van der Waals surface area contributed by atoms with E-state index in [2.05, 4.69) is 139 Å². The Hall–Kier alpha value is -1.06. The van der Waals surface area contributed by atoms with Crippen LogP contribution in [0.15, 0.2) is 113 Å². The summed E-state index contributed by atoms with van der Waals surface area (Å²) in [6.07, 6.45) is 0. The normalized spacial score (nSPS) is 14.9. The number of hydrogen-bond acceptors (Lipinski definition) is 0. The Kier molecular flexibility index (Phi) is 10.3. The third-order valence-electron chi connectivity index (χ3n) is 7.00. The van der Waals surface area contributed by atoms with Crippen LogP contribution < -0.4 is 52.8 Å². The number of rotatable bonds is 4. The summed E-state index contributed by atoms with van der Waals surface area (Å²) in [5, 5.41) is 4.42. The fourth-order valence-corrected chi connectivity index (χ4v) is 13.7. The van der Waals surface area contributed by atoms with Crippen LogP contribution in [0, 0.1) is 0 Å². The van der Waals surface area contributed by atoms with E-state index in [1.54, 1.807) is 0 Å². The van der Waals surface area contributed by atoms with Crippen LogP contribution in [0.2, 0.25) is 3.34 Å². The number of hydrogen-bond donors (Lipinski definition) is 0. The van der Waals surface area contributed by atoms with Crippen molar-refractivity contribution < 1.29 is 57.7 Å². The Morgan fingerprint density at radius 3 is 1.00 bits per heavy atom. The molecule has 4 rings (SSSR count). The van der Waals surface area contributed by atoms with Crippen molar-refractivity contribution in [2.75, 3.05) is 0 Å². The van der Waals surface area contributed by atoms with Gasteiger partial charge in [0, 0.05) is 0 Å². The Labute approximate surface area is 224 Å². The second-order valence-electron chi connectivity index (χ2n) is 8.10. The van der Waals surface area contributed by atoms with E-state index >= 15 is 0 Å². The minimum atomic E-state index is -2.44. The van der Waals surface area contributed by atoms with Crippen molar-refractivity contribution in [1.29, 1.82) is 0 Å². The predicted molar refractivity (Wildman–Crippen MR) is 123 cm³/mol. The van der Waals surface area contributed by atoms with E-state index in [0.717, 1.165) is 0 Å². The molecule has 0 bridgehead atoms. The molecule has 0 fully saturated rings. The molecule has 3 aromatic rings. The zero-order valence-electron chi connectivity index (χ0n) is 18.8. The van der Waals surface area contributed by atoms with Gasteiger partial charge in [-0.25, -0.2) is 0 Å². The van der Waals surface area contributed by atoms with Gasteiger partial charge in [-0.1, -0.05) is 0 Å². The fraction of sp³-hybridized carbons (Fsp3) is 0.185. The molecule has 0 saturated carbocycles. The number of allylic oxidation sites excluding steroid dienone is 4. The van der Waals surface area contributed by atoms with Crippen LogP contribution >= 0.6 is 0 Å². The quantitative estimate of drug-likeness (QED) is 0.238. The van der Waals surface area contributed by atoms with E-state index in [4.69, 9.17) is 0 Å². The van der Waals surface area contributed by atoms with Gasteiger partial charge in [-0.15, -0.1) is 0 Å². The van der Waals surface area contributed by atoms with E-state index in [1.807, 2.05) is 0 Å². The molecule has 0 aliphatic heterocycles. The molecular weight excluding hydrogens is 507 g/mol. The molecule has 0 amide bonds. The molecule has 3 aromatic carbocycles. The molecule has 32 heavy (non-hydrogen) atoms. The molecule has 0 saturated heterocycles. The van der Waals surface area contributed by atoms with E-state index in [0.29, 0.717) is 0 Å². The molecule has 1 aliphatic carbocycles. The van der Waals surface area contributed by atoms with Crippen LogP contribution in [0.25, 0.3) is 0 Å². The van der Waals surface area contributed by atoms with Crippen LogP contribution in [0.4, 0.5) is 0 Å². The minimum Gasteiger partial charge on any atom is -1.00 e. The van der Waals surface area contributed by atoms with Crippen molar-refractivity contribution >= 4 is 23.6 Å². The van der Waals surface area contributed by atoms with Gasteiger partial charge in [0.05, 0.1) is 0 Å². The third-order valence-corrected chi connectivity index (χ3v) is 15.4. The Balaban J connectivity index is 0.00000171. The van der Waals surface area contributed by atoms with Crippen molar-refractivity contribution in [3.8, 4) is 0 Å². The number of halogens is 3. The van der Waals surface area contributed by atoms with Crippen LogP contribution in [-0.4, -0.2) is 8.07 Å². The fourth-order valence-electron chi connectivity index (χ4n) is 5.18. The first-order chi connectivity index (χ1) is 14.0. The van der Waals surface area contributed by atoms with Gasteiger partial charge in [0.2, 0.25) is 0 Å². The topological polar surface area (TPSA) is 0 Å². The summed E-state index contributed by atoms with van der Waals surface area (Å²) in [5.74, 6) is 0. The standard InChI is InChI=1S/C27H27Si.3ClH.Ti/c1-20-21(2)23(4)27(22(20)3)28(24-14-8-5-9-15-24,25-16-10-6-11-17-25)26-18-12-7-13-19-26;;;;/h5-19H,1-4H3;3*1H;/q;;;;+3/p-3. The van der Waals surface area contributed by atoms with E-state index in [9.17, 15) is 0 Å². The molecule has 1 aliphatic rings. The van der Waals surface area contributed by atoms with Crippen LogP contribution in [0.1, 0.15) is 27.7 Å². The van der Waals surface area contributed by atoms with Gasteiger partial charge in [-0.05, 0) is 0 Å². The Bertz CT molecular complexity index is 973. The smallest absolute Gasteiger partial charge is 1.00 e. The molecule has 0 atom stereocenters. The van der Waals surface area contributed by atoms with E-state index < -0.39 is 8.07 Å².